The van der Waals surface area contributed by atoms with Gasteiger partial charge in [-0.05, 0) is 18.8 Å². The summed E-state index contributed by atoms with van der Waals surface area (Å²) in [5, 5.41) is 0. The minimum Gasteiger partial charge on any atom is -0.348 e. The average molecular weight is 196 g/mol. The largest absolute Gasteiger partial charge is 0.348 e. The van der Waals surface area contributed by atoms with Gasteiger partial charge in [0.1, 0.15) is 0 Å². The molecule has 0 amide bonds. The maximum atomic E-state index is 5.73. The minimum atomic E-state index is -0.218. The Hall–Kier alpha value is -0.340. The van der Waals surface area contributed by atoms with Crippen LogP contribution in [0.1, 0.15) is 39.5 Å². The first-order valence-corrected chi connectivity index (χ1v) is 5.72. The number of hydrogen-bond acceptors (Lipinski definition) is 2. The highest BCUT2D eigenvalue weighted by Gasteiger charge is 2.41. The molecule has 1 spiro atoms. The summed E-state index contributed by atoms with van der Waals surface area (Å²) in [6.07, 6.45) is 6.75. The fraction of sp³-hybridized carbons (Fsp3) is 0.833. The molecule has 1 saturated carbocycles. The molecular weight excluding hydrogens is 176 g/mol. The maximum absolute atomic E-state index is 5.73. The fourth-order valence-electron chi connectivity index (χ4n) is 2.61. The van der Waals surface area contributed by atoms with Crippen LogP contribution >= 0.6 is 0 Å². The van der Waals surface area contributed by atoms with Gasteiger partial charge in [-0.25, -0.2) is 0 Å². The molecule has 1 saturated heterocycles. The number of rotatable bonds is 1. The highest BCUT2D eigenvalue weighted by Crippen LogP contribution is 2.41. The van der Waals surface area contributed by atoms with Crippen LogP contribution in [0, 0.1) is 5.92 Å². The molecule has 1 atom stereocenters. The van der Waals surface area contributed by atoms with Gasteiger partial charge in [0.05, 0.1) is 13.2 Å². The predicted octanol–water partition coefficient (Wildman–Crippen LogP) is 2.89. The van der Waals surface area contributed by atoms with Gasteiger partial charge in [0, 0.05) is 12.8 Å². The molecule has 1 aliphatic carbocycles. The van der Waals surface area contributed by atoms with E-state index in [1.165, 1.54) is 0 Å². The Bertz CT molecular complexity index is 226. The third-order valence-corrected chi connectivity index (χ3v) is 3.32. The van der Waals surface area contributed by atoms with E-state index in [0.717, 1.165) is 38.9 Å². The van der Waals surface area contributed by atoms with Gasteiger partial charge in [-0.2, -0.15) is 0 Å². The molecule has 1 unspecified atom stereocenters. The van der Waals surface area contributed by atoms with Crippen LogP contribution in [-0.4, -0.2) is 19.0 Å². The van der Waals surface area contributed by atoms with E-state index in [1.54, 1.807) is 5.57 Å². The molecule has 0 aromatic rings. The lowest BCUT2D eigenvalue weighted by Gasteiger charge is -2.36. The standard InChI is InChI=1S/C12H20O2/c1-3-4-11-5-6-12(9-10(11)2)13-7-8-14-12/h4,10H,3,5-9H2,1-2H3/b11-4+. The number of hydrogen-bond donors (Lipinski definition) is 0. The van der Waals surface area contributed by atoms with Gasteiger partial charge in [0.15, 0.2) is 5.79 Å². The first-order valence-electron chi connectivity index (χ1n) is 5.72. The van der Waals surface area contributed by atoms with Crippen LogP contribution in [0.2, 0.25) is 0 Å². The Morgan fingerprint density at radius 1 is 1.43 bits per heavy atom. The number of ether oxygens (including phenoxy) is 2. The van der Waals surface area contributed by atoms with E-state index in [2.05, 4.69) is 19.9 Å². The third-order valence-electron chi connectivity index (χ3n) is 3.32. The molecule has 2 fully saturated rings. The lowest BCUT2D eigenvalue weighted by molar-refractivity contribution is -0.178. The van der Waals surface area contributed by atoms with E-state index in [4.69, 9.17) is 9.47 Å². The van der Waals surface area contributed by atoms with Crippen molar-refractivity contribution in [1.82, 2.24) is 0 Å². The van der Waals surface area contributed by atoms with Crippen LogP contribution in [0.15, 0.2) is 11.6 Å². The molecule has 2 nitrogen and oxygen atoms in total. The Labute approximate surface area is 86.3 Å². The zero-order chi connectivity index (χ0) is 10.0. The Balaban J connectivity index is 2.02. The summed E-state index contributed by atoms with van der Waals surface area (Å²) in [6, 6.07) is 0. The van der Waals surface area contributed by atoms with Crippen molar-refractivity contribution in [1.29, 1.82) is 0 Å². The highest BCUT2D eigenvalue weighted by molar-refractivity contribution is 5.11. The van der Waals surface area contributed by atoms with Crippen molar-refractivity contribution in [2.24, 2.45) is 5.92 Å². The maximum Gasteiger partial charge on any atom is 0.169 e. The van der Waals surface area contributed by atoms with Crippen molar-refractivity contribution < 1.29 is 9.47 Å². The van der Waals surface area contributed by atoms with Crippen LogP contribution in [0.5, 0.6) is 0 Å². The summed E-state index contributed by atoms with van der Waals surface area (Å²) in [7, 11) is 0. The second-order valence-corrected chi connectivity index (χ2v) is 4.40. The minimum absolute atomic E-state index is 0.218. The summed E-state index contributed by atoms with van der Waals surface area (Å²) in [5.41, 5.74) is 1.59. The Morgan fingerprint density at radius 3 is 2.71 bits per heavy atom. The molecule has 80 valence electrons. The van der Waals surface area contributed by atoms with E-state index >= 15 is 0 Å². The molecule has 0 radical (unpaired) electrons. The monoisotopic (exact) mass is 196 g/mol. The highest BCUT2D eigenvalue weighted by atomic mass is 16.7. The molecule has 1 heterocycles. The SMILES string of the molecule is CC/C=C1\CCC2(CC1C)OCCO2. The molecule has 14 heavy (non-hydrogen) atoms. The van der Waals surface area contributed by atoms with Crippen molar-refractivity contribution in [2.45, 2.75) is 45.3 Å². The first kappa shape index (κ1) is 10.2. The van der Waals surface area contributed by atoms with Crippen molar-refractivity contribution in [3.8, 4) is 0 Å². The lowest BCUT2D eigenvalue weighted by atomic mass is 9.81. The van der Waals surface area contributed by atoms with Crippen molar-refractivity contribution >= 4 is 0 Å². The molecule has 0 bridgehead atoms. The van der Waals surface area contributed by atoms with E-state index < -0.39 is 0 Å². The zero-order valence-electron chi connectivity index (χ0n) is 9.21. The molecular formula is C12H20O2. The van der Waals surface area contributed by atoms with E-state index in [1.807, 2.05) is 0 Å². The number of allylic oxidation sites excluding steroid dienone is 2. The molecule has 0 aromatic heterocycles. The average Bonchev–Trinajstić information content (AvgIpc) is 2.59. The topological polar surface area (TPSA) is 18.5 Å². The van der Waals surface area contributed by atoms with Gasteiger partial charge in [0.2, 0.25) is 0 Å². The van der Waals surface area contributed by atoms with E-state index in [-0.39, 0.29) is 5.79 Å². The van der Waals surface area contributed by atoms with Crippen LogP contribution in [0.3, 0.4) is 0 Å². The summed E-state index contributed by atoms with van der Waals surface area (Å²) in [6.45, 7) is 6.04. The lowest BCUT2D eigenvalue weighted by Crippen LogP contribution is -2.36. The first-order chi connectivity index (χ1) is 6.76. The molecule has 2 aliphatic rings. The van der Waals surface area contributed by atoms with Crippen molar-refractivity contribution in [2.75, 3.05) is 13.2 Å². The second kappa shape index (κ2) is 4.03. The fourth-order valence-corrected chi connectivity index (χ4v) is 2.61. The molecule has 2 heteroatoms. The predicted molar refractivity (Wildman–Crippen MR) is 56.0 cm³/mol. The van der Waals surface area contributed by atoms with Gasteiger partial charge in [0.25, 0.3) is 0 Å². The normalized spacial score (nSPS) is 34.1. The summed E-state index contributed by atoms with van der Waals surface area (Å²) in [5.74, 6) is 0.409. The van der Waals surface area contributed by atoms with E-state index in [0.29, 0.717) is 5.92 Å². The van der Waals surface area contributed by atoms with Crippen molar-refractivity contribution in [3.63, 3.8) is 0 Å². The molecule has 0 N–H and O–H groups in total. The van der Waals surface area contributed by atoms with Crippen LogP contribution < -0.4 is 0 Å². The van der Waals surface area contributed by atoms with Gasteiger partial charge in [-0.1, -0.05) is 25.5 Å². The van der Waals surface area contributed by atoms with Gasteiger partial charge in [-0.15, -0.1) is 0 Å². The summed E-state index contributed by atoms with van der Waals surface area (Å²) < 4.78 is 11.5. The van der Waals surface area contributed by atoms with E-state index in [9.17, 15) is 0 Å². The zero-order valence-corrected chi connectivity index (χ0v) is 9.21. The van der Waals surface area contributed by atoms with Gasteiger partial charge < -0.3 is 9.47 Å². The van der Waals surface area contributed by atoms with Gasteiger partial charge in [-0.3, -0.25) is 0 Å². The van der Waals surface area contributed by atoms with Crippen LogP contribution in [0.25, 0.3) is 0 Å². The third kappa shape index (κ3) is 1.86. The molecule has 1 aliphatic heterocycles. The second-order valence-electron chi connectivity index (χ2n) is 4.40. The summed E-state index contributed by atoms with van der Waals surface area (Å²) >= 11 is 0. The Morgan fingerprint density at radius 2 is 2.14 bits per heavy atom. The summed E-state index contributed by atoms with van der Waals surface area (Å²) in [4.78, 5) is 0. The van der Waals surface area contributed by atoms with Crippen LogP contribution in [0.4, 0.5) is 0 Å². The van der Waals surface area contributed by atoms with Crippen LogP contribution in [-0.2, 0) is 9.47 Å². The van der Waals surface area contributed by atoms with Crippen molar-refractivity contribution in [3.05, 3.63) is 11.6 Å². The van der Waals surface area contributed by atoms with Gasteiger partial charge >= 0.3 is 0 Å². The smallest absolute Gasteiger partial charge is 0.169 e. The molecule has 2 rings (SSSR count). The quantitative estimate of drug-likeness (QED) is 0.600. The Kier molecular flexibility index (Phi) is 2.93. The molecule has 0 aromatic carbocycles.